The summed E-state index contributed by atoms with van der Waals surface area (Å²) in [5.74, 6) is 0. The third kappa shape index (κ3) is 6.32. The van der Waals surface area contributed by atoms with Crippen LogP contribution >= 0.6 is 0 Å². The zero-order valence-electron chi connectivity index (χ0n) is 3.60. The molecule has 3 N–H and O–H groups in total. The molecule has 47 valence electrons. The molecule has 0 aromatic carbocycles. The van der Waals surface area contributed by atoms with E-state index in [-0.39, 0.29) is 4.73 Å². The molecule has 0 bridgehead atoms. The average molecular weight is 218 g/mol. The van der Waals surface area contributed by atoms with Gasteiger partial charge in [0.25, 0.3) is 0 Å². The van der Waals surface area contributed by atoms with Gasteiger partial charge in [-0.3, -0.25) is 0 Å². The van der Waals surface area contributed by atoms with E-state index in [4.69, 9.17) is 10.3 Å². The summed E-state index contributed by atoms with van der Waals surface area (Å²) >= 11 is 6.18. The van der Waals surface area contributed by atoms with Crippen LogP contribution in [0.4, 0.5) is 0 Å². The van der Waals surface area contributed by atoms with Gasteiger partial charge in [0.2, 0.25) is 0 Å². The van der Waals surface area contributed by atoms with E-state index in [1.807, 2.05) is 0 Å². The fourth-order valence-electron chi connectivity index (χ4n) is 0.114. The van der Waals surface area contributed by atoms with Gasteiger partial charge in [0, 0.05) is 0 Å². The van der Waals surface area contributed by atoms with Gasteiger partial charge in [0.05, 0.1) is 0 Å². The predicted octanol–water partition coefficient (Wildman–Crippen LogP) is -1.40. The Bertz CT molecular complexity index is 190. The molecule has 0 fully saturated rings. The van der Waals surface area contributed by atoms with Crippen LogP contribution in [-0.2, 0) is 20.1 Å². The monoisotopic (exact) mass is 219 g/mol. The molecule has 7 heteroatoms. The van der Waals surface area contributed by atoms with Gasteiger partial charge >= 0.3 is 59.8 Å². The Labute approximate surface area is 60.0 Å². The summed E-state index contributed by atoms with van der Waals surface area (Å²) in [6.07, 6.45) is 0. The number of hydrogen-bond donors (Lipinski definition) is 2. The van der Waals surface area contributed by atoms with Gasteiger partial charge in [0.15, 0.2) is 0 Å². The van der Waals surface area contributed by atoms with E-state index in [9.17, 15) is 4.21 Å². The summed E-state index contributed by atoms with van der Waals surface area (Å²) in [7, 11) is -3.46. The van der Waals surface area contributed by atoms with Crippen molar-refractivity contribution < 1.29 is 8.76 Å². The molecular weight excluding hydrogens is 215 g/mol. The first-order valence-corrected chi connectivity index (χ1v) is 4.67. The van der Waals surface area contributed by atoms with Crippen molar-refractivity contribution in [3.8, 4) is 0 Å². The van der Waals surface area contributed by atoms with Crippen LogP contribution < -0.4 is 5.73 Å². The zero-order chi connectivity index (χ0) is 6.78. The topological polar surface area (TPSA) is 75.7 Å². The van der Waals surface area contributed by atoms with Gasteiger partial charge in [-0.25, -0.2) is 0 Å². The Hall–Kier alpha value is 0.319. The first kappa shape index (κ1) is 8.32. The Balaban J connectivity index is 4.36. The number of amidine groups is 1. The van der Waals surface area contributed by atoms with E-state index < -0.39 is 8.96 Å². The molecule has 0 aliphatic carbocycles. The van der Waals surface area contributed by atoms with Gasteiger partial charge < -0.3 is 0 Å². The van der Waals surface area contributed by atoms with Crippen LogP contribution in [0.3, 0.4) is 0 Å². The fourth-order valence-corrected chi connectivity index (χ4v) is 1.54. The molecule has 0 aromatic rings. The second-order valence-electron chi connectivity index (χ2n) is 0.877. The quantitative estimate of drug-likeness (QED) is 0.322. The molecule has 0 aliphatic rings. The molecule has 8 heavy (non-hydrogen) atoms. The van der Waals surface area contributed by atoms with Crippen molar-refractivity contribution in [3.63, 3.8) is 0 Å². The summed E-state index contributed by atoms with van der Waals surface area (Å²) in [5, 5.41) is 0. The first-order valence-electron chi connectivity index (χ1n) is 1.41. The van der Waals surface area contributed by atoms with Crippen LogP contribution in [0.2, 0.25) is 0 Å². The Kier molecular flexibility index (Phi) is 2.85. The number of hydrogen-bond acceptors (Lipinski definition) is 2. The average Bonchev–Trinajstić information content (AvgIpc) is 1.21. The zero-order valence-corrected chi connectivity index (χ0v) is 6.95. The minimum absolute atomic E-state index is 0.104. The molecule has 0 aliphatic heterocycles. The molecule has 0 aromatic heterocycles. The standard InChI is InChI=1S/CH3N2O2S2Se/c2-1(8)3-7(4,5)6/h(H2,2,3)(H,4,5,6). The fraction of sp³-hybridized carbons (Fsp3) is 0. The molecule has 0 saturated carbocycles. The molecule has 4 nitrogen and oxygen atoms in total. The van der Waals surface area contributed by atoms with E-state index in [2.05, 4.69) is 31.6 Å². The summed E-state index contributed by atoms with van der Waals surface area (Å²) in [6.45, 7) is 0. The number of nitrogens with zero attached hydrogens (tertiary/aromatic N) is 1. The normalized spacial score (nSPS) is 19.9. The Morgan fingerprint density at radius 3 is 2.38 bits per heavy atom. The first-order chi connectivity index (χ1) is 3.42. The summed E-state index contributed by atoms with van der Waals surface area (Å²) in [4.78, 5) is 0. The van der Waals surface area contributed by atoms with Crippen molar-refractivity contribution >= 4 is 40.9 Å². The summed E-state index contributed by atoms with van der Waals surface area (Å²) in [6, 6.07) is 0. The molecule has 0 heterocycles. The van der Waals surface area contributed by atoms with E-state index in [0.717, 1.165) is 0 Å². The molecule has 1 unspecified atom stereocenters. The molecule has 0 spiro atoms. The molecule has 1 atom stereocenters. The van der Waals surface area contributed by atoms with Crippen molar-refractivity contribution in [2.45, 2.75) is 0 Å². The van der Waals surface area contributed by atoms with Crippen LogP contribution in [0.25, 0.3) is 0 Å². The van der Waals surface area contributed by atoms with E-state index in [1.165, 1.54) is 0 Å². The Morgan fingerprint density at radius 2 is 2.38 bits per heavy atom. The second-order valence-corrected chi connectivity index (χ2v) is 4.14. The van der Waals surface area contributed by atoms with Crippen molar-refractivity contribution in [1.82, 2.24) is 0 Å². The van der Waals surface area contributed by atoms with Crippen molar-refractivity contribution in [2.75, 3.05) is 0 Å². The van der Waals surface area contributed by atoms with Gasteiger partial charge in [-0.2, -0.15) is 0 Å². The maximum atomic E-state index is 10.1. The molecular formula is CH3N2O2S2Se. The maximum absolute atomic E-state index is 10.1. The third-order valence-corrected chi connectivity index (χ3v) is 1.31. The van der Waals surface area contributed by atoms with Crippen LogP contribution in [0.15, 0.2) is 4.40 Å². The van der Waals surface area contributed by atoms with Gasteiger partial charge in [-0.1, -0.05) is 0 Å². The number of rotatable bonds is 1. The van der Waals surface area contributed by atoms with Crippen molar-refractivity contribution in [2.24, 2.45) is 10.1 Å². The van der Waals surface area contributed by atoms with Crippen LogP contribution in [-0.4, -0.2) is 29.5 Å². The van der Waals surface area contributed by atoms with Crippen molar-refractivity contribution in [1.29, 1.82) is 0 Å². The SMILES string of the molecule is NC([Se])=NS(=O)(O)=S. The number of nitrogens with two attached hydrogens (primary N) is 1. The van der Waals surface area contributed by atoms with Crippen LogP contribution in [0, 0.1) is 0 Å². The minimum atomic E-state index is -3.46. The van der Waals surface area contributed by atoms with E-state index in [0.29, 0.717) is 0 Å². The molecule has 0 amide bonds. The van der Waals surface area contributed by atoms with Crippen LogP contribution in [0.1, 0.15) is 0 Å². The molecule has 1 radical (unpaired) electrons. The second kappa shape index (κ2) is 2.74. The van der Waals surface area contributed by atoms with Crippen molar-refractivity contribution in [3.05, 3.63) is 0 Å². The van der Waals surface area contributed by atoms with Crippen LogP contribution in [0.5, 0.6) is 0 Å². The van der Waals surface area contributed by atoms with Gasteiger partial charge in [-0.15, -0.1) is 0 Å². The molecule has 0 saturated heterocycles. The summed E-state index contributed by atoms with van der Waals surface area (Å²) in [5.41, 5.74) is 4.87. The van der Waals surface area contributed by atoms with Gasteiger partial charge in [0.1, 0.15) is 0 Å². The molecule has 0 rings (SSSR count). The summed E-state index contributed by atoms with van der Waals surface area (Å²) < 4.78 is 21.2. The Morgan fingerprint density at radius 1 is 2.00 bits per heavy atom. The van der Waals surface area contributed by atoms with E-state index in [1.54, 1.807) is 0 Å². The van der Waals surface area contributed by atoms with E-state index >= 15 is 0 Å². The van der Waals surface area contributed by atoms with Gasteiger partial charge in [-0.05, 0) is 0 Å². The predicted molar refractivity (Wildman–Crippen MR) is 35.5 cm³/mol. The third-order valence-electron chi connectivity index (χ3n) is 0.205.